The molecule has 9 heteroatoms. The summed E-state index contributed by atoms with van der Waals surface area (Å²) in [5, 5.41) is 1.30. The van der Waals surface area contributed by atoms with Crippen LogP contribution in [-0.4, -0.2) is 29.3 Å². The third-order valence-electron chi connectivity index (χ3n) is 4.23. The van der Waals surface area contributed by atoms with Crippen molar-refractivity contribution in [3.8, 4) is 0 Å². The van der Waals surface area contributed by atoms with E-state index in [4.69, 9.17) is 11.6 Å². The molecule has 0 saturated heterocycles. The Bertz CT molecular complexity index is 849. The summed E-state index contributed by atoms with van der Waals surface area (Å²) in [6.45, 7) is 0. The van der Waals surface area contributed by atoms with E-state index in [0.717, 1.165) is 43.0 Å². The van der Waals surface area contributed by atoms with Crippen LogP contribution in [0, 0.1) is 5.82 Å². The van der Waals surface area contributed by atoms with E-state index < -0.39 is 15.8 Å². The maximum Gasteiger partial charge on any atom is 0.242 e. The smallest absolute Gasteiger partial charge is 0.242 e. The Hall–Kier alpha value is -1.09. The van der Waals surface area contributed by atoms with Gasteiger partial charge in [-0.1, -0.05) is 23.4 Å². The van der Waals surface area contributed by atoms with E-state index in [1.54, 1.807) is 18.0 Å². The number of imidazole rings is 1. The largest absolute Gasteiger partial charge is 0.329 e. The Morgan fingerprint density at radius 2 is 2.04 bits per heavy atom. The van der Waals surface area contributed by atoms with Crippen LogP contribution < -0.4 is 4.72 Å². The molecule has 0 aliphatic heterocycles. The van der Waals surface area contributed by atoms with Crippen molar-refractivity contribution in [3.63, 3.8) is 0 Å². The van der Waals surface area contributed by atoms with Crippen LogP contribution in [0.1, 0.15) is 25.7 Å². The van der Waals surface area contributed by atoms with Crippen molar-refractivity contribution in [2.24, 2.45) is 7.05 Å². The topological polar surface area (TPSA) is 64.0 Å². The lowest BCUT2D eigenvalue weighted by Gasteiger charge is -2.28. The number of rotatable bonds is 5. The summed E-state index contributed by atoms with van der Waals surface area (Å²) in [5.74, 6) is -0.559. The molecule has 1 saturated carbocycles. The van der Waals surface area contributed by atoms with Crippen LogP contribution in [0.25, 0.3) is 0 Å². The summed E-state index contributed by atoms with van der Waals surface area (Å²) in [7, 11) is -1.79. The molecule has 1 aromatic heterocycles. The second kappa shape index (κ2) is 7.65. The number of hydrogen-bond acceptors (Lipinski definition) is 4. The molecule has 1 aliphatic rings. The Labute approximate surface area is 156 Å². The fourth-order valence-corrected chi connectivity index (χ4v) is 5.88. The number of halogens is 2. The normalized spacial score (nSPS) is 21.4. The Morgan fingerprint density at radius 3 is 2.64 bits per heavy atom. The van der Waals surface area contributed by atoms with Crippen LogP contribution >= 0.6 is 23.4 Å². The van der Waals surface area contributed by atoms with Crippen molar-refractivity contribution < 1.29 is 12.8 Å². The number of thioether (sulfide) groups is 1. The first-order valence-corrected chi connectivity index (χ1v) is 10.7. The number of benzene rings is 1. The Kier molecular flexibility index (Phi) is 5.72. The molecule has 0 spiro atoms. The van der Waals surface area contributed by atoms with Crippen molar-refractivity contribution in [2.45, 2.75) is 47.0 Å². The fourth-order valence-electron chi connectivity index (χ4n) is 2.89. The van der Waals surface area contributed by atoms with Crippen molar-refractivity contribution in [1.82, 2.24) is 14.3 Å². The van der Waals surface area contributed by atoms with Gasteiger partial charge in [0.2, 0.25) is 10.0 Å². The van der Waals surface area contributed by atoms with Crippen LogP contribution in [0.2, 0.25) is 5.02 Å². The van der Waals surface area contributed by atoms with Gasteiger partial charge in [-0.15, -0.1) is 0 Å². The van der Waals surface area contributed by atoms with Crippen molar-refractivity contribution in [1.29, 1.82) is 0 Å². The highest BCUT2D eigenvalue weighted by atomic mass is 35.5. The molecule has 1 aliphatic carbocycles. The maximum absolute atomic E-state index is 13.1. The highest BCUT2D eigenvalue weighted by Crippen LogP contribution is 2.33. The predicted octanol–water partition coefficient (Wildman–Crippen LogP) is 3.59. The first-order valence-electron chi connectivity index (χ1n) is 7.96. The molecular weight excluding hydrogens is 385 g/mol. The van der Waals surface area contributed by atoms with Crippen LogP contribution in [0.15, 0.2) is 40.6 Å². The van der Waals surface area contributed by atoms with Gasteiger partial charge in [-0.05, 0) is 43.9 Å². The fraction of sp³-hybridized carbons (Fsp3) is 0.438. The lowest BCUT2D eigenvalue weighted by molar-refractivity contribution is 0.419. The van der Waals surface area contributed by atoms with Gasteiger partial charge in [0.1, 0.15) is 10.7 Å². The van der Waals surface area contributed by atoms with Gasteiger partial charge >= 0.3 is 0 Å². The molecule has 0 bridgehead atoms. The van der Waals surface area contributed by atoms with E-state index in [1.165, 1.54) is 6.07 Å². The van der Waals surface area contributed by atoms with Gasteiger partial charge in [-0.25, -0.2) is 22.5 Å². The molecule has 1 heterocycles. The molecule has 3 rings (SSSR count). The number of sulfonamides is 1. The quantitative estimate of drug-likeness (QED) is 0.828. The molecule has 136 valence electrons. The second-order valence-electron chi connectivity index (χ2n) is 6.11. The third kappa shape index (κ3) is 4.55. The zero-order valence-electron chi connectivity index (χ0n) is 13.7. The molecule has 0 unspecified atom stereocenters. The molecule has 1 fully saturated rings. The third-order valence-corrected chi connectivity index (χ3v) is 7.64. The van der Waals surface area contributed by atoms with Gasteiger partial charge in [-0.3, -0.25) is 0 Å². The molecule has 25 heavy (non-hydrogen) atoms. The molecule has 2 aromatic rings. The van der Waals surface area contributed by atoms with Crippen molar-refractivity contribution in [2.75, 3.05) is 0 Å². The van der Waals surface area contributed by atoms with Gasteiger partial charge in [-0.2, -0.15) is 0 Å². The number of aryl methyl sites for hydroxylation is 1. The van der Waals surface area contributed by atoms with Gasteiger partial charge in [0.15, 0.2) is 5.16 Å². The van der Waals surface area contributed by atoms with Crippen molar-refractivity contribution in [3.05, 3.63) is 41.4 Å². The van der Waals surface area contributed by atoms with E-state index in [0.29, 0.717) is 5.25 Å². The van der Waals surface area contributed by atoms with Gasteiger partial charge in [0.25, 0.3) is 0 Å². The van der Waals surface area contributed by atoms with Crippen LogP contribution in [0.4, 0.5) is 4.39 Å². The Morgan fingerprint density at radius 1 is 1.32 bits per heavy atom. The summed E-state index contributed by atoms with van der Waals surface area (Å²) >= 11 is 7.61. The first-order chi connectivity index (χ1) is 11.8. The monoisotopic (exact) mass is 403 g/mol. The number of nitrogens with zero attached hydrogens (tertiary/aromatic N) is 2. The standard InChI is InChI=1S/C16H19ClFN3O2S2/c1-21-9-8-19-16(21)24-13-5-3-12(4-6-13)20-25(22,23)15-7-2-11(18)10-14(15)17/h2,7-10,12-13,20H,3-6H2,1H3. The number of nitrogens with one attached hydrogen (secondary N) is 1. The van der Waals surface area contributed by atoms with Crippen LogP contribution in [-0.2, 0) is 17.1 Å². The summed E-state index contributed by atoms with van der Waals surface area (Å²) in [4.78, 5) is 4.23. The minimum absolute atomic E-state index is 0.0833. The highest BCUT2D eigenvalue weighted by molar-refractivity contribution is 7.99. The first kappa shape index (κ1) is 18.7. The average Bonchev–Trinajstić information content (AvgIpc) is 2.93. The second-order valence-corrected chi connectivity index (χ2v) is 9.47. The molecule has 0 atom stereocenters. The van der Waals surface area contributed by atoms with E-state index >= 15 is 0 Å². The molecular formula is C16H19ClFN3O2S2. The average molecular weight is 404 g/mol. The molecule has 1 N–H and O–H groups in total. The predicted molar refractivity (Wildman–Crippen MR) is 96.8 cm³/mol. The molecule has 1 aromatic carbocycles. The van der Waals surface area contributed by atoms with Crippen LogP contribution in [0.3, 0.4) is 0 Å². The van der Waals surface area contributed by atoms with E-state index in [2.05, 4.69) is 9.71 Å². The van der Waals surface area contributed by atoms with E-state index in [9.17, 15) is 12.8 Å². The van der Waals surface area contributed by atoms with Crippen LogP contribution in [0.5, 0.6) is 0 Å². The van der Waals surface area contributed by atoms with Crippen molar-refractivity contribution >= 4 is 33.4 Å². The van der Waals surface area contributed by atoms with Gasteiger partial charge in [0.05, 0.1) is 5.02 Å². The lowest BCUT2D eigenvalue weighted by Crippen LogP contribution is -2.38. The summed E-state index contributed by atoms with van der Waals surface area (Å²) in [6.07, 6.45) is 6.99. The Balaban J connectivity index is 1.59. The summed E-state index contributed by atoms with van der Waals surface area (Å²) in [6, 6.07) is 3.17. The molecule has 5 nitrogen and oxygen atoms in total. The minimum Gasteiger partial charge on any atom is -0.329 e. The maximum atomic E-state index is 13.1. The number of aromatic nitrogens is 2. The highest BCUT2D eigenvalue weighted by Gasteiger charge is 2.28. The molecule has 0 radical (unpaired) electrons. The van der Waals surface area contributed by atoms with E-state index in [1.807, 2.05) is 17.8 Å². The zero-order chi connectivity index (χ0) is 18.0. The summed E-state index contributed by atoms with van der Waals surface area (Å²) < 4.78 is 42.7. The van der Waals surface area contributed by atoms with Gasteiger partial charge < -0.3 is 4.57 Å². The van der Waals surface area contributed by atoms with E-state index in [-0.39, 0.29) is 16.0 Å². The van der Waals surface area contributed by atoms with Gasteiger partial charge in [0, 0.05) is 30.7 Å². The molecule has 0 amide bonds. The summed E-state index contributed by atoms with van der Waals surface area (Å²) in [5.41, 5.74) is 0. The lowest BCUT2D eigenvalue weighted by atomic mass is 9.96. The minimum atomic E-state index is -3.75. The number of hydrogen-bond donors (Lipinski definition) is 1. The zero-order valence-corrected chi connectivity index (χ0v) is 16.0. The SMILES string of the molecule is Cn1ccnc1SC1CCC(NS(=O)(=O)c2ccc(F)cc2Cl)CC1.